The van der Waals surface area contributed by atoms with E-state index in [-0.39, 0.29) is 0 Å². The van der Waals surface area contributed by atoms with Crippen molar-refractivity contribution in [3.05, 3.63) is 46.4 Å². The van der Waals surface area contributed by atoms with Crippen molar-refractivity contribution in [1.29, 1.82) is 0 Å². The predicted octanol–water partition coefficient (Wildman–Crippen LogP) is 4.95. The maximum atomic E-state index is 5.35. The first-order valence-electron chi connectivity index (χ1n) is 7.52. The summed E-state index contributed by atoms with van der Waals surface area (Å²) >= 11 is 5.35. The van der Waals surface area contributed by atoms with E-state index in [1.807, 2.05) is 6.07 Å². The molecule has 2 saturated carbocycles. The molecule has 0 atom stereocenters. The lowest BCUT2D eigenvalue weighted by atomic mass is 9.78. The summed E-state index contributed by atoms with van der Waals surface area (Å²) in [5, 5.41) is 0. The van der Waals surface area contributed by atoms with Gasteiger partial charge in [0.2, 0.25) is 0 Å². The minimum absolute atomic E-state index is 0.604. The molecule has 0 saturated heterocycles. The molecule has 2 aromatic rings. The van der Waals surface area contributed by atoms with Crippen LogP contribution in [0.25, 0.3) is 11.3 Å². The monoisotopic (exact) mass is 282 g/mol. The van der Waals surface area contributed by atoms with Crippen LogP contribution in [0.15, 0.2) is 30.3 Å². The van der Waals surface area contributed by atoms with E-state index in [9.17, 15) is 0 Å². The smallest absolute Gasteiger partial charge is 0.130 e. The number of nitrogens with zero attached hydrogens (tertiary/aromatic N) is 1. The second-order valence-corrected chi connectivity index (χ2v) is 6.43. The van der Waals surface area contributed by atoms with Crippen LogP contribution in [0.1, 0.15) is 55.3 Å². The molecule has 0 radical (unpaired) electrons. The fraction of sp³-hybridized carbons (Fsp3) is 0.412. The van der Waals surface area contributed by atoms with E-state index in [1.54, 1.807) is 0 Å². The highest BCUT2D eigenvalue weighted by Crippen LogP contribution is 2.42. The average Bonchev–Trinajstić information content (AvgIpc) is 3.21. The van der Waals surface area contributed by atoms with Gasteiger partial charge in [-0.25, -0.2) is 4.98 Å². The van der Waals surface area contributed by atoms with Crippen LogP contribution in [0.5, 0.6) is 0 Å². The van der Waals surface area contributed by atoms with Crippen LogP contribution in [0, 0.1) is 4.64 Å². The third kappa shape index (κ3) is 2.20. The number of rotatable bonds is 3. The SMILES string of the molecule is S=c1cc(-c2ccccc2C2CCC2)[nH]c(C2CC2)n1. The average molecular weight is 282 g/mol. The number of H-pyrrole nitrogens is 1. The van der Waals surface area contributed by atoms with Crippen LogP contribution in [0.4, 0.5) is 0 Å². The van der Waals surface area contributed by atoms with Gasteiger partial charge in [-0.05, 0) is 43.2 Å². The first kappa shape index (κ1) is 12.3. The Morgan fingerprint density at radius 1 is 1.05 bits per heavy atom. The standard InChI is InChI=1S/C17H18N2S/c20-16-10-15(18-17(19-16)12-8-9-12)14-7-2-1-6-13(14)11-4-3-5-11/h1-2,6-7,10-12H,3-5,8-9H2,(H,18,19,20). The van der Waals surface area contributed by atoms with Crippen molar-refractivity contribution in [3.63, 3.8) is 0 Å². The van der Waals surface area contributed by atoms with Crippen molar-refractivity contribution < 1.29 is 0 Å². The molecule has 4 rings (SSSR count). The normalized spacial score (nSPS) is 18.8. The van der Waals surface area contributed by atoms with E-state index in [0.29, 0.717) is 10.6 Å². The molecule has 102 valence electrons. The molecule has 1 aromatic carbocycles. The quantitative estimate of drug-likeness (QED) is 0.807. The summed E-state index contributed by atoms with van der Waals surface area (Å²) in [6.07, 6.45) is 6.48. The maximum absolute atomic E-state index is 5.35. The van der Waals surface area contributed by atoms with E-state index < -0.39 is 0 Å². The number of hydrogen-bond donors (Lipinski definition) is 1. The highest BCUT2D eigenvalue weighted by atomic mass is 32.1. The zero-order chi connectivity index (χ0) is 13.5. The summed E-state index contributed by atoms with van der Waals surface area (Å²) in [6.45, 7) is 0. The zero-order valence-electron chi connectivity index (χ0n) is 11.4. The molecule has 0 amide bonds. The van der Waals surface area contributed by atoms with E-state index in [0.717, 1.165) is 17.4 Å². The van der Waals surface area contributed by atoms with Gasteiger partial charge in [0.1, 0.15) is 10.5 Å². The molecule has 0 bridgehead atoms. The lowest BCUT2D eigenvalue weighted by molar-refractivity contribution is 0.420. The van der Waals surface area contributed by atoms with Crippen molar-refractivity contribution in [3.8, 4) is 11.3 Å². The van der Waals surface area contributed by atoms with Gasteiger partial charge in [0.15, 0.2) is 0 Å². The van der Waals surface area contributed by atoms with Crippen LogP contribution in [-0.4, -0.2) is 9.97 Å². The number of nitrogens with one attached hydrogen (secondary N) is 1. The van der Waals surface area contributed by atoms with E-state index >= 15 is 0 Å². The molecule has 2 nitrogen and oxygen atoms in total. The van der Waals surface area contributed by atoms with Crippen molar-refractivity contribution in [2.24, 2.45) is 0 Å². The number of aromatic amines is 1. The lowest BCUT2D eigenvalue weighted by Gasteiger charge is -2.28. The number of benzene rings is 1. The minimum Gasteiger partial charge on any atom is -0.343 e. The van der Waals surface area contributed by atoms with Crippen molar-refractivity contribution in [1.82, 2.24) is 9.97 Å². The molecule has 1 heterocycles. The molecule has 0 spiro atoms. The highest BCUT2D eigenvalue weighted by molar-refractivity contribution is 7.71. The molecule has 2 fully saturated rings. The summed E-state index contributed by atoms with van der Waals surface area (Å²) in [4.78, 5) is 8.02. The summed E-state index contributed by atoms with van der Waals surface area (Å²) in [6, 6.07) is 10.8. The third-order valence-corrected chi connectivity index (χ3v) is 4.73. The summed E-state index contributed by atoms with van der Waals surface area (Å²) in [5.74, 6) is 2.41. The Balaban J connectivity index is 1.82. The minimum atomic E-state index is 0.604. The van der Waals surface area contributed by atoms with Gasteiger partial charge in [-0.1, -0.05) is 42.9 Å². The Labute approximate surface area is 124 Å². The molecule has 0 aliphatic heterocycles. The van der Waals surface area contributed by atoms with E-state index in [1.165, 1.54) is 43.2 Å². The van der Waals surface area contributed by atoms with Crippen molar-refractivity contribution in [2.75, 3.05) is 0 Å². The fourth-order valence-corrected chi connectivity index (χ4v) is 3.21. The zero-order valence-corrected chi connectivity index (χ0v) is 12.2. The molecule has 20 heavy (non-hydrogen) atoms. The molecule has 1 aromatic heterocycles. The predicted molar refractivity (Wildman–Crippen MR) is 83.4 cm³/mol. The molecule has 2 aliphatic rings. The Kier molecular flexibility index (Phi) is 2.95. The van der Waals surface area contributed by atoms with E-state index in [4.69, 9.17) is 12.2 Å². The topological polar surface area (TPSA) is 28.7 Å². The second-order valence-electron chi connectivity index (χ2n) is 6.01. The third-order valence-electron chi connectivity index (χ3n) is 4.52. The molecule has 2 aliphatic carbocycles. The highest BCUT2D eigenvalue weighted by Gasteiger charge is 2.27. The van der Waals surface area contributed by atoms with Gasteiger partial charge in [-0.15, -0.1) is 0 Å². The van der Waals surface area contributed by atoms with Gasteiger partial charge in [0.05, 0.1) is 0 Å². The largest absolute Gasteiger partial charge is 0.343 e. The Morgan fingerprint density at radius 2 is 1.85 bits per heavy atom. The first-order chi connectivity index (χ1) is 9.81. The second kappa shape index (κ2) is 4.81. The molecular formula is C17H18N2S. The molecule has 1 N–H and O–H groups in total. The summed E-state index contributed by atoms with van der Waals surface area (Å²) in [5.41, 5.74) is 3.93. The molecule has 0 unspecified atom stereocenters. The lowest BCUT2D eigenvalue weighted by Crippen LogP contribution is -2.10. The Hall–Kier alpha value is -1.48. The first-order valence-corrected chi connectivity index (χ1v) is 7.92. The Morgan fingerprint density at radius 3 is 2.55 bits per heavy atom. The van der Waals surface area contributed by atoms with Crippen LogP contribution >= 0.6 is 12.2 Å². The fourth-order valence-electron chi connectivity index (χ4n) is 2.99. The summed E-state index contributed by atoms with van der Waals surface area (Å²) in [7, 11) is 0. The van der Waals surface area contributed by atoms with Gasteiger partial charge in [0, 0.05) is 17.2 Å². The molecule has 3 heteroatoms. The maximum Gasteiger partial charge on any atom is 0.130 e. The summed E-state index contributed by atoms with van der Waals surface area (Å²) < 4.78 is 0.712. The van der Waals surface area contributed by atoms with Gasteiger partial charge in [-0.3, -0.25) is 0 Å². The van der Waals surface area contributed by atoms with E-state index in [2.05, 4.69) is 34.2 Å². The van der Waals surface area contributed by atoms with Crippen molar-refractivity contribution >= 4 is 12.2 Å². The van der Waals surface area contributed by atoms with Crippen LogP contribution in [0.3, 0.4) is 0 Å². The van der Waals surface area contributed by atoms with Crippen LogP contribution < -0.4 is 0 Å². The Bertz CT molecular complexity index is 696. The van der Waals surface area contributed by atoms with Gasteiger partial charge in [0.25, 0.3) is 0 Å². The van der Waals surface area contributed by atoms with Crippen molar-refractivity contribution in [2.45, 2.75) is 43.9 Å². The molecular weight excluding hydrogens is 264 g/mol. The van der Waals surface area contributed by atoms with Gasteiger partial charge >= 0.3 is 0 Å². The number of hydrogen-bond acceptors (Lipinski definition) is 2. The van der Waals surface area contributed by atoms with Crippen LogP contribution in [0.2, 0.25) is 0 Å². The van der Waals surface area contributed by atoms with Gasteiger partial charge in [-0.2, -0.15) is 0 Å². The van der Waals surface area contributed by atoms with Gasteiger partial charge < -0.3 is 4.98 Å². The van der Waals surface area contributed by atoms with Crippen LogP contribution in [-0.2, 0) is 0 Å². The number of aromatic nitrogens is 2.